The van der Waals surface area contributed by atoms with Gasteiger partial charge in [0.25, 0.3) is 0 Å². The third-order valence-corrected chi connectivity index (χ3v) is 6.16. The molecule has 0 amide bonds. The van der Waals surface area contributed by atoms with Crippen LogP contribution in [0.25, 0.3) is 0 Å². The Balaban J connectivity index is 1.61. The minimum atomic E-state index is -3.43. The van der Waals surface area contributed by atoms with E-state index in [-0.39, 0.29) is 4.90 Å². The summed E-state index contributed by atoms with van der Waals surface area (Å²) in [5.74, 6) is 1.48. The van der Waals surface area contributed by atoms with E-state index in [4.69, 9.17) is 4.74 Å². The van der Waals surface area contributed by atoms with Gasteiger partial charge in [-0.2, -0.15) is 0 Å². The molecule has 3 heterocycles. The molecule has 2 fully saturated rings. The Labute approximate surface area is 144 Å². The van der Waals surface area contributed by atoms with Crippen molar-refractivity contribution in [3.05, 3.63) is 18.3 Å². The van der Waals surface area contributed by atoms with Crippen molar-refractivity contribution in [3.8, 4) is 0 Å². The molecule has 8 heteroatoms. The molecule has 0 spiro atoms. The molecule has 1 aromatic rings. The second kappa shape index (κ2) is 7.77. The van der Waals surface area contributed by atoms with Gasteiger partial charge in [-0.05, 0) is 37.9 Å². The number of sulfonamides is 1. The maximum atomic E-state index is 11.8. The first-order valence-corrected chi connectivity index (χ1v) is 10.0. The topological polar surface area (TPSA) is 74.8 Å². The van der Waals surface area contributed by atoms with Gasteiger partial charge in [0.2, 0.25) is 10.0 Å². The first kappa shape index (κ1) is 17.6. The smallest absolute Gasteiger partial charge is 0.241 e. The number of nitrogens with one attached hydrogen (secondary N) is 1. The Hall–Kier alpha value is -1.22. The number of pyridine rings is 1. The van der Waals surface area contributed by atoms with Crippen LogP contribution in [-0.4, -0.2) is 71.3 Å². The minimum absolute atomic E-state index is 0.204. The summed E-state index contributed by atoms with van der Waals surface area (Å²) in [4.78, 5) is 9.32. The summed E-state index contributed by atoms with van der Waals surface area (Å²) in [5.41, 5.74) is 0. The maximum Gasteiger partial charge on any atom is 0.241 e. The van der Waals surface area contributed by atoms with Crippen LogP contribution in [0, 0.1) is 5.92 Å². The summed E-state index contributed by atoms with van der Waals surface area (Å²) in [6, 6.07) is 3.43. The fourth-order valence-electron chi connectivity index (χ4n) is 3.41. The number of hydrogen-bond acceptors (Lipinski definition) is 6. The third-order valence-electron chi connectivity index (χ3n) is 4.76. The first-order valence-electron chi connectivity index (χ1n) is 8.53. The molecular formula is C16H26N4O3S. The summed E-state index contributed by atoms with van der Waals surface area (Å²) in [6.45, 7) is 6.76. The van der Waals surface area contributed by atoms with E-state index < -0.39 is 10.0 Å². The van der Waals surface area contributed by atoms with Crippen LogP contribution in [0.1, 0.15) is 12.8 Å². The van der Waals surface area contributed by atoms with Gasteiger partial charge in [-0.1, -0.05) is 0 Å². The van der Waals surface area contributed by atoms with Crippen molar-refractivity contribution in [2.75, 3.05) is 57.9 Å². The fraction of sp³-hybridized carbons (Fsp3) is 0.688. The van der Waals surface area contributed by atoms with Gasteiger partial charge < -0.3 is 9.64 Å². The van der Waals surface area contributed by atoms with E-state index in [0.717, 1.165) is 58.2 Å². The van der Waals surface area contributed by atoms with Crippen molar-refractivity contribution in [2.24, 2.45) is 5.92 Å². The van der Waals surface area contributed by atoms with Crippen molar-refractivity contribution < 1.29 is 13.2 Å². The van der Waals surface area contributed by atoms with Crippen molar-refractivity contribution in [1.29, 1.82) is 0 Å². The van der Waals surface area contributed by atoms with Gasteiger partial charge in [0.1, 0.15) is 10.7 Å². The molecule has 1 N–H and O–H groups in total. The highest BCUT2D eigenvalue weighted by molar-refractivity contribution is 7.89. The summed E-state index contributed by atoms with van der Waals surface area (Å²) < 4.78 is 31.3. The first-order chi connectivity index (χ1) is 11.6. The molecule has 2 saturated heterocycles. The van der Waals surface area contributed by atoms with Crippen LogP contribution in [0.3, 0.4) is 0 Å². The number of nitrogens with zero attached hydrogens (tertiary/aromatic N) is 3. The summed E-state index contributed by atoms with van der Waals surface area (Å²) in [5, 5.41) is 0. The molecule has 0 aromatic carbocycles. The van der Waals surface area contributed by atoms with Gasteiger partial charge in [0, 0.05) is 38.9 Å². The Kier molecular flexibility index (Phi) is 5.70. The van der Waals surface area contributed by atoms with Crippen LogP contribution >= 0.6 is 0 Å². The van der Waals surface area contributed by atoms with Crippen LogP contribution in [-0.2, 0) is 14.8 Å². The minimum Gasteiger partial charge on any atom is -0.379 e. The van der Waals surface area contributed by atoms with Crippen LogP contribution in [0.5, 0.6) is 0 Å². The quantitative estimate of drug-likeness (QED) is 0.832. The van der Waals surface area contributed by atoms with Crippen molar-refractivity contribution in [1.82, 2.24) is 14.6 Å². The lowest BCUT2D eigenvalue weighted by Gasteiger charge is -2.37. The normalized spacial score (nSPS) is 23.4. The van der Waals surface area contributed by atoms with E-state index in [1.54, 1.807) is 12.1 Å². The third kappa shape index (κ3) is 4.24. The SMILES string of the molecule is CNS(=O)(=O)c1ccc(N2CCCC(CN3CCOCC3)C2)nc1. The molecule has 0 radical (unpaired) electrons. The average Bonchev–Trinajstić information content (AvgIpc) is 2.63. The molecule has 0 bridgehead atoms. The van der Waals surface area contributed by atoms with Crippen molar-refractivity contribution in [2.45, 2.75) is 17.7 Å². The van der Waals surface area contributed by atoms with Gasteiger partial charge in [0.15, 0.2) is 0 Å². The van der Waals surface area contributed by atoms with Gasteiger partial charge >= 0.3 is 0 Å². The molecule has 0 aliphatic carbocycles. The molecule has 1 atom stereocenters. The average molecular weight is 354 g/mol. The molecule has 134 valence electrons. The van der Waals surface area contributed by atoms with Crippen LogP contribution in [0.2, 0.25) is 0 Å². The lowest BCUT2D eigenvalue weighted by atomic mass is 9.97. The maximum absolute atomic E-state index is 11.8. The summed E-state index contributed by atoms with van der Waals surface area (Å²) in [7, 11) is -2.02. The number of anilines is 1. The highest BCUT2D eigenvalue weighted by atomic mass is 32.2. The zero-order valence-electron chi connectivity index (χ0n) is 14.1. The molecule has 2 aliphatic heterocycles. The Morgan fingerprint density at radius 3 is 2.75 bits per heavy atom. The Morgan fingerprint density at radius 2 is 2.08 bits per heavy atom. The molecule has 1 aromatic heterocycles. The second-order valence-corrected chi connectivity index (χ2v) is 8.31. The van der Waals surface area contributed by atoms with E-state index in [1.807, 2.05) is 0 Å². The van der Waals surface area contributed by atoms with Crippen molar-refractivity contribution >= 4 is 15.8 Å². The zero-order valence-corrected chi connectivity index (χ0v) is 15.0. The standard InChI is InChI=1S/C16H26N4O3S/c1-17-24(21,22)15-4-5-16(18-11-15)20-6-2-3-14(13-20)12-19-7-9-23-10-8-19/h4-5,11,14,17H,2-3,6-10,12-13H2,1H3. The molecule has 24 heavy (non-hydrogen) atoms. The Bertz CT molecular complexity index is 629. The molecule has 3 rings (SSSR count). The van der Waals surface area contributed by atoms with Gasteiger partial charge in [-0.15, -0.1) is 0 Å². The number of ether oxygens (including phenoxy) is 1. The number of rotatable bonds is 5. The van der Waals surface area contributed by atoms with E-state index in [1.165, 1.54) is 19.7 Å². The summed E-state index contributed by atoms with van der Waals surface area (Å²) in [6.07, 6.45) is 3.82. The molecule has 7 nitrogen and oxygen atoms in total. The number of morpholine rings is 1. The van der Waals surface area contributed by atoms with Gasteiger partial charge in [-0.25, -0.2) is 18.1 Å². The monoisotopic (exact) mass is 354 g/mol. The van der Waals surface area contributed by atoms with Gasteiger partial charge in [0.05, 0.1) is 13.2 Å². The lowest BCUT2D eigenvalue weighted by Crippen LogP contribution is -2.44. The highest BCUT2D eigenvalue weighted by Gasteiger charge is 2.24. The molecule has 1 unspecified atom stereocenters. The number of aromatic nitrogens is 1. The largest absolute Gasteiger partial charge is 0.379 e. The van der Waals surface area contributed by atoms with Gasteiger partial charge in [-0.3, -0.25) is 4.90 Å². The second-order valence-electron chi connectivity index (χ2n) is 6.43. The van der Waals surface area contributed by atoms with E-state index in [0.29, 0.717) is 5.92 Å². The summed E-state index contributed by atoms with van der Waals surface area (Å²) >= 11 is 0. The fourth-order valence-corrected chi connectivity index (χ4v) is 4.08. The number of piperidine rings is 1. The zero-order chi connectivity index (χ0) is 17.0. The predicted molar refractivity (Wildman–Crippen MR) is 92.7 cm³/mol. The van der Waals surface area contributed by atoms with Crippen molar-refractivity contribution in [3.63, 3.8) is 0 Å². The predicted octanol–water partition coefficient (Wildman–Crippen LogP) is 0.538. The van der Waals surface area contributed by atoms with E-state index in [9.17, 15) is 8.42 Å². The molecule has 0 saturated carbocycles. The van der Waals surface area contributed by atoms with E-state index >= 15 is 0 Å². The lowest BCUT2D eigenvalue weighted by molar-refractivity contribution is 0.0296. The van der Waals surface area contributed by atoms with E-state index in [2.05, 4.69) is 19.5 Å². The van der Waals surface area contributed by atoms with Crippen LogP contribution in [0.4, 0.5) is 5.82 Å². The molecular weight excluding hydrogens is 328 g/mol. The molecule has 2 aliphatic rings. The van der Waals surface area contributed by atoms with Crippen LogP contribution in [0.15, 0.2) is 23.2 Å². The highest BCUT2D eigenvalue weighted by Crippen LogP contribution is 2.23. The Morgan fingerprint density at radius 1 is 1.29 bits per heavy atom. The number of hydrogen-bond donors (Lipinski definition) is 1. The van der Waals surface area contributed by atoms with Crippen LogP contribution < -0.4 is 9.62 Å².